The molecule has 0 aromatic carbocycles. The van der Waals surface area contributed by atoms with Gasteiger partial charge in [0.2, 0.25) is 0 Å². The molecule has 1 aliphatic rings. The normalized spacial score (nSPS) is 26.4. The summed E-state index contributed by atoms with van der Waals surface area (Å²) in [5.41, 5.74) is 0.534. The molecule has 2 atom stereocenters. The van der Waals surface area contributed by atoms with Crippen LogP contribution in [0.5, 0.6) is 0 Å². The van der Waals surface area contributed by atoms with Gasteiger partial charge in [-0.15, -0.1) is 0 Å². The number of carbonyl (C=O) groups is 1. The van der Waals surface area contributed by atoms with Gasteiger partial charge in [-0.2, -0.15) is 0 Å². The molecule has 4 nitrogen and oxygen atoms in total. The first-order valence-electron chi connectivity index (χ1n) is 4.70. The lowest BCUT2D eigenvalue weighted by molar-refractivity contribution is 0.0578. The van der Waals surface area contributed by atoms with Crippen molar-refractivity contribution in [3.63, 3.8) is 0 Å². The third-order valence-corrected chi connectivity index (χ3v) is 2.49. The number of ether oxygens (including phenoxy) is 1. The minimum Gasteiger partial charge on any atom is -0.370 e. The van der Waals surface area contributed by atoms with Gasteiger partial charge in [-0.25, -0.2) is 9.97 Å². The third-order valence-electron chi connectivity index (χ3n) is 2.49. The Morgan fingerprint density at radius 3 is 2.79 bits per heavy atom. The first-order chi connectivity index (χ1) is 6.79. The second kappa shape index (κ2) is 3.84. The summed E-state index contributed by atoms with van der Waals surface area (Å²) in [6.07, 6.45) is 5.12. The van der Waals surface area contributed by atoms with E-state index in [1.165, 1.54) is 18.7 Å². The van der Waals surface area contributed by atoms with E-state index in [2.05, 4.69) is 9.97 Å². The highest BCUT2D eigenvalue weighted by atomic mass is 16.5. The zero-order valence-corrected chi connectivity index (χ0v) is 8.01. The Kier molecular flexibility index (Phi) is 2.54. The van der Waals surface area contributed by atoms with Gasteiger partial charge >= 0.3 is 0 Å². The van der Waals surface area contributed by atoms with Crippen molar-refractivity contribution in [1.29, 1.82) is 0 Å². The van der Waals surface area contributed by atoms with Crippen LogP contribution in [0.15, 0.2) is 18.7 Å². The first kappa shape index (κ1) is 9.27. The van der Waals surface area contributed by atoms with Crippen molar-refractivity contribution in [1.82, 2.24) is 9.97 Å². The van der Waals surface area contributed by atoms with Crippen LogP contribution < -0.4 is 0 Å². The predicted molar refractivity (Wildman–Crippen MR) is 49.9 cm³/mol. The fourth-order valence-corrected chi connectivity index (χ4v) is 1.62. The van der Waals surface area contributed by atoms with E-state index < -0.39 is 0 Å². The van der Waals surface area contributed by atoms with E-state index in [0.29, 0.717) is 18.1 Å². The fourth-order valence-electron chi connectivity index (χ4n) is 1.62. The number of hydrogen-bond donors (Lipinski definition) is 0. The summed E-state index contributed by atoms with van der Waals surface area (Å²) in [7, 11) is 0. The average molecular weight is 192 g/mol. The topological polar surface area (TPSA) is 52.1 Å². The van der Waals surface area contributed by atoms with Gasteiger partial charge in [0.1, 0.15) is 12.4 Å². The zero-order valence-electron chi connectivity index (χ0n) is 8.01. The number of hydrogen-bond acceptors (Lipinski definition) is 4. The van der Waals surface area contributed by atoms with Crippen LogP contribution in [-0.4, -0.2) is 28.5 Å². The number of Topliss-reactive ketones (excluding diaryl/α,β-unsaturated/α-hetero) is 1. The maximum atomic E-state index is 11.9. The average Bonchev–Trinajstić information content (AvgIpc) is 2.65. The second-order valence-corrected chi connectivity index (χ2v) is 3.55. The lowest BCUT2D eigenvalue weighted by Gasteiger charge is -2.12. The number of carbonyl (C=O) groups excluding carboxylic acids is 1. The molecule has 2 rings (SSSR count). The van der Waals surface area contributed by atoms with E-state index >= 15 is 0 Å². The molecule has 0 N–H and O–H groups in total. The van der Waals surface area contributed by atoms with E-state index in [4.69, 9.17) is 4.74 Å². The molecule has 0 radical (unpaired) electrons. The van der Waals surface area contributed by atoms with Crippen molar-refractivity contribution in [2.24, 2.45) is 5.92 Å². The van der Waals surface area contributed by atoms with Crippen LogP contribution >= 0.6 is 0 Å². The van der Waals surface area contributed by atoms with Crippen LogP contribution in [0, 0.1) is 5.92 Å². The van der Waals surface area contributed by atoms with Crippen LogP contribution in [-0.2, 0) is 4.74 Å². The molecule has 4 heteroatoms. The lowest BCUT2D eigenvalue weighted by atomic mass is 9.98. The van der Waals surface area contributed by atoms with Gasteiger partial charge in [-0.3, -0.25) is 4.79 Å². The number of rotatable bonds is 2. The molecule has 1 aromatic heterocycles. The summed E-state index contributed by atoms with van der Waals surface area (Å²) in [4.78, 5) is 19.5. The van der Waals surface area contributed by atoms with Crippen molar-refractivity contribution in [3.05, 3.63) is 24.3 Å². The van der Waals surface area contributed by atoms with E-state index in [-0.39, 0.29) is 11.9 Å². The van der Waals surface area contributed by atoms with Crippen LogP contribution in [0.3, 0.4) is 0 Å². The summed E-state index contributed by atoms with van der Waals surface area (Å²) in [5, 5.41) is 0. The molecule has 0 aliphatic carbocycles. The Bertz CT molecular complexity index is 326. The zero-order chi connectivity index (χ0) is 9.97. The minimum absolute atomic E-state index is 0.00407. The monoisotopic (exact) mass is 192 g/mol. The molecular weight excluding hydrogens is 180 g/mol. The van der Waals surface area contributed by atoms with Gasteiger partial charge in [-0.05, 0) is 12.3 Å². The fraction of sp³-hybridized carbons (Fsp3) is 0.500. The lowest BCUT2D eigenvalue weighted by Crippen LogP contribution is -2.25. The second-order valence-electron chi connectivity index (χ2n) is 3.55. The molecule has 2 heterocycles. The molecule has 0 saturated carbocycles. The van der Waals surface area contributed by atoms with Gasteiger partial charge in [-0.1, -0.05) is 6.92 Å². The Morgan fingerprint density at radius 2 is 2.21 bits per heavy atom. The van der Waals surface area contributed by atoms with Crippen LogP contribution in [0.4, 0.5) is 0 Å². The summed E-state index contributed by atoms with van der Waals surface area (Å²) in [5.74, 6) is 0.290. The maximum absolute atomic E-state index is 11.9. The van der Waals surface area contributed by atoms with E-state index in [0.717, 1.165) is 6.42 Å². The maximum Gasteiger partial charge on any atom is 0.194 e. The Hall–Kier alpha value is -1.29. The Labute approximate surface area is 82.3 Å². The highest BCUT2D eigenvalue weighted by molar-refractivity contribution is 5.99. The number of aromatic nitrogens is 2. The van der Waals surface area contributed by atoms with Crippen LogP contribution in [0.25, 0.3) is 0 Å². The van der Waals surface area contributed by atoms with Crippen molar-refractivity contribution in [3.8, 4) is 0 Å². The minimum atomic E-state index is -0.305. The van der Waals surface area contributed by atoms with Gasteiger partial charge in [0.05, 0.1) is 5.56 Å². The molecule has 2 unspecified atom stereocenters. The number of nitrogens with zero attached hydrogens (tertiary/aromatic N) is 2. The summed E-state index contributed by atoms with van der Waals surface area (Å²) in [6, 6.07) is 0. The molecular formula is C10H12N2O2. The molecule has 14 heavy (non-hydrogen) atoms. The molecule has 0 spiro atoms. The number of ketones is 1. The standard InChI is InChI=1S/C10H12N2O2/c1-7-2-3-14-10(7)9(13)8-4-11-6-12-5-8/h4-7,10H,2-3H2,1H3. The largest absolute Gasteiger partial charge is 0.370 e. The van der Waals surface area contributed by atoms with E-state index in [9.17, 15) is 4.79 Å². The van der Waals surface area contributed by atoms with Crippen LogP contribution in [0.2, 0.25) is 0 Å². The molecule has 1 saturated heterocycles. The van der Waals surface area contributed by atoms with Crippen LogP contribution in [0.1, 0.15) is 23.7 Å². The van der Waals surface area contributed by atoms with Gasteiger partial charge in [0, 0.05) is 19.0 Å². The quantitative estimate of drug-likeness (QED) is 0.658. The highest BCUT2D eigenvalue weighted by Gasteiger charge is 2.31. The summed E-state index contributed by atoms with van der Waals surface area (Å²) >= 11 is 0. The molecule has 0 amide bonds. The Balaban J connectivity index is 2.16. The molecule has 0 bridgehead atoms. The smallest absolute Gasteiger partial charge is 0.194 e. The molecule has 1 aromatic rings. The Morgan fingerprint density at radius 1 is 1.50 bits per heavy atom. The molecule has 1 fully saturated rings. The van der Waals surface area contributed by atoms with Gasteiger partial charge in [0.25, 0.3) is 0 Å². The van der Waals surface area contributed by atoms with Crippen molar-refractivity contribution in [2.45, 2.75) is 19.4 Å². The van der Waals surface area contributed by atoms with Crippen molar-refractivity contribution < 1.29 is 9.53 Å². The van der Waals surface area contributed by atoms with E-state index in [1.807, 2.05) is 6.92 Å². The van der Waals surface area contributed by atoms with Crippen molar-refractivity contribution in [2.75, 3.05) is 6.61 Å². The van der Waals surface area contributed by atoms with E-state index in [1.54, 1.807) is 0 Å². The molecule has 74 valence electrons. The predicted octanol–water partition coefficient (Wildman–Crippen LogP) is 1.08. The first-order valence-corrected chi connectivity index (χ1v) is 4.70. The van der Waals surface area contributed by atoms with Gasteiger partial charge in [0.15, 0.2) is 5.78 Å². The third kappa shape index (κ3) is 1.65. The SMILES string of the molecule is CC1CCOC1C(=O)c1cncnc1. The highest BCUT2D eigenvalue weighted by Crippen LogP contribution is 2.22. The van der Waals surface area contributed by atoms with Gasteiger partial charge < -0.3 is 4.74 Å². The summed E-state index contributed by atoms with van der Waals surface area (Å²) < 4.78 is 5.38. The molecule has 1 aliphatic heterocycles. The summed E-state index contributed by atoms with van der Waals surface area (Å²) in [6.45, 7) is 2.70. The van der Waals surface area contributed by atoms with Crippen molar-refractivity contribution >= 4 is 5.78 Å².